The Morgan fingerprint density at radius 3 is 2.17 bits per heavy atom. The zero-order valence-electron chi connectivity index (χ0n) is 12.5. The molecule has 0 spiro atoms. The van der Waals surface area contributed by atoms with Crippen LogP contribution < -0.4 is 10.5 Å². The van der Waals surface area contributed by atoms with Crippen LogP contribution in [-0.4, -0.2) is 4.98 Å². The van der Waals surface area contributed by atoms with E-state index >= 15 is 0 Å². The van der Waals surface area contributed by atoms with Gasteiger partial charge in [-0.25, -0.2) is 0 Å². The second-order valence-electron chi connectivity index (χ2n) is 5.41. The van der Waals surface area contributed by atoms with Crippen LogP contribution in [0.5, 0.6) is 11.5 Å². The number of nitrogen functional groups attached to an aromatic ring is 1. The lowest BCUT2D eigenvalue weighted by Gasteiger charge is -2.09. The van der Waals surface area contributed by atoms with Crippen LogP contribution >= 0.6 is 0 Å². The second kappa shape index (κ2) is 5.54. The summed E-state index contributed by atoms with van der Waals surface area (Å²) >= 11 is 0. The summed E-state index contributed by atoms with van der Waals surface area (Å²) in [6, 6.07) is 24.0. The van der Waals surface area contributed by atoms with Crippen LogP contribution in [-0.2, 0) is 0 Å². The fourth-order valence-corrected chi connectivity index (χ4v) is 2.80. The predicted octanol–water partition coefficient (Wildman–Crippen LogP) is 5.16. The van der Waals surface area contributed by atoms with E-state index in [2.05, 4.69) is 29.2 Å². The first-order valence-electron chi connectivity index (χ1n) is 7.50. The van der Waals surface area contributed by atoms with Crippen molar-refractivity contribution < 1.29 is 4.74 Å². The maximum Gasteiger partial charge on any atom is 0.127 e. The summed E-state index contributed by atoms with van der Waals surface area (Å²) in [5.41, 5.74) is 10.5. The van der Waals surface area contributed by atoms with E-state index in [-0.39, 0.29) is 0 Å². The van der Waals surface area contributed by atoms with Crippen molar-refractivity contribution in [3.8, 4) is 33.8 Å². The number of benzene rings is 2. The number of H-pyrrole nitrogens is 1. The minimum atomic E-state index is 0.687. The van der Waals surface area contributed by atoms with Gasteiger partial charge in [-0.05, 0) is 47.0 Å². The van der Waals surface area contributed by atoms with Crippen molar-refractivity contribution >= 4 is 5.82 Å². The van der Waals surface area contributed by atoms with E-state index in [1.807, 2.05) is 54.7 Å². The van der Waals surface area contributed by atoms with Crippen LogP contribution in [0.15, 0.2) is 79.0 Å². The lowest BCUT2D eigenvalue weighted by Crippen LogP contribution is -1.93. The SMILES string of the molecule is Nc1[nH]ccc2ccc(-c3ccc(Oc4ccccc4)cc3)c1-2. The molecule has 0 saturated carbocycles. The molecule has 2 aliphatic rings. The molecule has 4 rings (SSSR count). The highest BCUT2D eigenvalue weighted by Gasteiger charge is 2.14. The molecule has 112 valence electrons. The minimum absolute atomic E-state index is 0.687. The van der Waals surface area contributed by atoms with Crippen LogP contribution in [0.3, 0.4) is 0 Å². The topological polar surface area (TPSA) is 51.0 Å². The molecule has 2 aromatic carbocycles. The summed E-state index contributed by atoms with van der Waals surface area (Å²) in [4.78, 5) is 3.07. The molecule has 0 aromatic heterocycles. The Kier molecular flexibility index (Phi) is 3.24. The molecule has 0 radical (unpaired) electrons. The molecule has 1 aliphatic heterocycles. The van der Waals surface area contributed by atoms with Gasteiger partial charge in [0.25, 0.3) is 0 Å². The molecule has 0 unspecified atom stereocenters. The average Bonchev–Trinajstić information content (AvgIpc) is 3.02. The van der Waals surface area contributed by atoms with Gasteiger partial charge in [-0.2, -0.15) is 0 Å². The number of hydrogen-bond donors (Lipinski definition) is 2. The Balaban J connectivity index is 1.65. The van der Waals surface area contributed by atoms with Crippen molar-refractivity contribution in [2.24, 2.45) is 0 Å². The lowest BCUT2D eigenvalue weighted by molar-refractivity contribution is 0.483. The Morgan fingerprint density at radius 1 is 0.696 bits per heavy atom. The monoisotopic (exact) mass is 300 g/mol. The predicted molar refractivity (Wildman–Crippen MR) is 93.8 cm³/mol. The van der Waals surface area contributed by atoms with Gasteiger partial charge in [-0.15, -0.1) is 0 Å². The van der Waals surface area contributed by atoms with Crippen LogP contribution in [0.1, 0.15) is 0 Å². The molecule has 2 aromatic rings. The van der Waals surface area contributed by atoms with Gasteiger partial charge in [0, 0.05) is 11.8 Å². The van der Waals surface area contributed by atoms with Gasteiger partial charge in [0.1, 0.15) is 17.3 Å². The first kappa shape index (κ1) is 13.5. The first-order valence-corrected chi connectivity index (χ1v) is 7.50. The summed E-state index contributed by atoms with van der Waals surface area (Å²) in [5, 5.41) is 0. The second-order valence-corrected chi connectivity index (χ2v) is 5.41. The normalized spacial score (nSPS) is 10.8. The van der Waals surface area contributed by atoms with Gasteiger partial charge < -0.3 is 15.5 Å². The number of pyridine rings is 1. The van der Waals surface area contributed by atoms with Gasteiger partial charge in [-0.3, -0.25) is 0 Å². The molecular weight excluding hydrogens is 284 g/mol. The van der Waals surface area contributed by atoms with Crippen molar-refractivity contribution in [1.29, 1.82) is 0 Å². The number of fused-ring (bicyclic) bond motifs is 1. The van der Waals surface area contributed by atoms with E-state index in [1.165, 1.54) is 0 Å². The molecule has 0 fully saturated rings. The van der Waals surface area contributed by atoms with Gasteiger partial charge >= 0.3 is 0 Å². The fraction of sp³-hybridized carbons (Fsp3) is 0. The third kappa shape index (κ3) is 2.53. The van der Waals surface area contributed by atoms with Gasteiger partial charge in [0.05, 0.1) is 0 Å². The van der Waals surface area contributed by atoms with Crippen molar-refractivity contribution in [3.63, 3.8) is 0 Å². The van der Waals surface area contributed by atoms with Crippen LogP contribution in [0, 0.1) is 0 Å². The van der Waals surface area contributed by atoms with E-state index < -0.39 is 0 Å². The van der Waals surface area contributed by atoms with E-state index in [0.717, 1.165) is 33.8 Å². The summed E-state index contributed by atoms with van der Waals surface area (Å²) in [7, 11) is 0. The number of hydrogen-bond acceptors (Lipinski definition) is 2. The zero-order chi connectivity index (χ0) is 15.6. The quantitative estimate of drug-likeness (QED) is 0.549. The highest BCUT2D eigenvalue weighted by Crippen LogP contribution is 2.39. The molecule has 1 aliphatic carbocycles. The highest BCUT2D eigenvalue weighted by molar-refractivity contribution is 5.92. The number of rotatable bonds is 3. The van der Waals surface area contributed by atoms with E-state index in [9.17, 15) is 0 Å². The Bertz CT molecular complexity index is 895. The molecule has 0 atom stereocenters. The molecule has 3 nitrogen and oxygen atoms in total. The van der Waals surface area contributed by atoms with Crippen molar-refractivity contribution in [2.75, 3.05) is 5.73 Å². The first-order chi connectivity index (χ1) is 11.3. The Labute approximate surface area is 134 Å². The summed E-state index contributed by atoms with van der Waals surface area (Å²) < 4.78 is 5.83. The van der Waals surface area contributed by atoms with E-state index in [4.69, 9.17) is 10.5 Å². The smallest absolute Gasteiger partial charge is 0.127 e. The number of aromatic amines is 1. The maximum atomic E-state index is 6.09. The molecule has 0 saturated heterocycles. The standard InChI is InChI=1S/C20H16N2O/c21-20-19-15(12-13-22-20)8-11-18(19)14-6-9-17(10-7-14)23-16-4-2-1-3-5-16/h1-13,22H,21H2. The van der Waals surface area contributed by atoms with Crippen molar-refractivity contribution in [3.05, 3.63) is 79.0 Å². The lowest BCUT2D eigenvalue weighted by atomic mass is 10.0. The van der Waals surface area contributed by atoms with Crippen molar-refractivity contribution in [1.82, 2.24) is 4.98 Å². The largest absolute Gasteiger partial charge is 0.457 e. The highest BCUT2D eigenvalue weighted by atomic mass is 16.5. The third-order valence-electron chi connectivity index (χ3n) is 3.90. The number of para-hydroxylation sites is 1. The summed E-state index contributed by atoms with van der Waals surface area (Å²) in [6.45, 7) is 0. The molecule has 0 amide bonds. The van der Waals surface area contributed by atoms with Gasteiger partial charge in [0.2, 0.25) is 0 Å². The summed E-state index contributed by atoms with van der Waals surface area (Å²) in [6.07, 6.45) is 1.86. The van der Waals surface area contributed by atoms with E-state index in [1.54, 1.807) is 0 Å². The number of nitrogens with two attached hydrogens (primary N) is 1. The maximum absolute atomic E-state index is 6.09. The zero-order valence-corrected chi connectivity index (χ0v) is 12.5. The van der Waals surface area contributed by atoms with Gasteiger partial charge in [-0.1, -0.05) is 42.5 Å². The van der Waals surface area contributed by atoms with E-state index in [0.29, 0.717) is 5.82 Å². The Hall–Kier alpha value is -3.20. The number of aromatic nitrogens is 1. The number of ether oxygens (including phenoxy) is 1. The van der Waals surface area contributed by atoms with Crippen LogP contribution in [0.4, 0.5) is 5.82 Å². The molecule has 3 heteroatoms. The van der Waals surface area contributed by atoms with Crippen molar-refractivity contribution in [2.45, 2.75) is 0 Å². The molecular formula is C20H16N2O. The third-order valence-corrected chi connectivity index (χ3v) is 3.90. The van der Waals surface area contributed by atoms with Gasteiger partial charge in [0.15, 0.2) is 0 Å². The average molecular weight is 300 g/mol. The molecule has 1 heterocycles. The number of anilines is 1. The Morgan fingerprint density at radius 2 is 1.39 bits per heavy atom. The fourth-order valence-electron chi connectivity index (χ4n) is 2.80. The molecule has 3 N–H and O–H groups in total. The summed E-state index contributed by atoms with van der Waals surface area (Å²) in [5.74, 6) is 2.33. The van der Waals surface area contributed by atoms with Crippen LogP contribution in [0.25, 0.3) is 22.3 Å². The minimum Gasteiger partial charge on any atom is -0.457 e. The molecule has 0 bridgehead atoms. The van der Waals surface area contributed by atoms with Crippen LogP contribution in [0.2, 0.25) is 0 Å². The number of nitrogens with one attached hydrogen (secondary N) is 1. The molecule has 23 heavy (non-hydrogen) atoms.